The fraction of sp³-hybridized carbons (Fsp3) is 0.407. The summed E-state index contributed by atoms with van der Waals surface area (Å²) in [5, 5.41) is 13.3. The average molecular weight is 723 g/mol. The first kappa shape index (κ1) is 39.8. The van der Waals surface area contributed by atoms with Crippen molar-refractivity contribution in [1.82, 2.24) is 14.3 Å². The van der Waals surface area contributed by atoms with Gasteiger partial charge in [0, 0.05) is 0 Å². The minimum Gasteiger partial charge on any atom is -0.475 e. The molecule has 3 aromatic rings. The lowest BCUT2D eigenvalue weighted by Gasteiger charge is -2.30. The molecular weight excluding hydrogens is 695 g/mol. The number of amides is 1. The van der Waals surface area contributed by atoms with Gasteiger partial charge in [-0.25, -0.2) is 27.3 Å². The van der Waals surface area contributed by atoms with Gasteiger partial charge < -0.3 is 20.9 Å². The predicted molar refractivity (Wildman–Crippen MR) is 148 cm³/mol. The molecule has 5 N–H and O–H groups in total. The minimum absolute atomic E-state index is 0.114. The number of halogens is 9. The van der Waals surface area contributed by atoms with E-state index in [-0.39, 0.29) is 11.9 Å². The molecule has 11 nitrogen and oxygen atoms in total. The molecule has 48 heavy (non-hydrogen) atoms. The number of alkyl halides is 9. The van der Waals surface area contributed by atoms with Crippen molar-refractivity contribution in [2.24, 2.45) is 5.73 Å². The highest BCUT2D eigenvalue weighted by molar-refractivity contribution is 7.90. The van der Waals surface area contributed by atoms with Gasteiger partial charge in [-0.2, -0.15) is 39.5 Å². The van der Waals surface area contributed by atoms with Gasteiger partial charge in [-0.1, -0.05) is 24.3 Å². The van der Waals surface area contributed by atoms with E-state index in [1.54, 1.807) is 45.0 Å². The number of carbonyl (C=O) groups excluding carboxylic acids is 1. The van der Waals surface area contributed by atoms with Crippen LogP contribution in [-0.2, 0) is 37.0 Å². The number of nitrogens with one attached hydrogen (secondary N) is 1. The molecule has 1 saturated heterocycles. The van der Waals surface area contributed by atoms with Crippen molar-refractivity contribution in [3.8, 4) is 0 Å². The smallest absolute Gasteiger partial charge is 0.475 e. The second kappa shape index (κ2) is 14.0. The molecule has 0 bridgehead atoms. The van der Waals surface area contributed by atoms with Crippen LogP contribution in [0.4, 0.5) is 39.5 Å². The van der Waals surface area contributed by atoms with Crippen LogP contribution in [-0.4, -0.2) is 68.6 Å². The van der Waals surface area contributed by atoms with Crippen LogP contribution in [0, 0.1) is 0 Å². The number of aromatic amines is 1. The maximum absolute atomic E-state index is 13.0. The topological polar surface area (TPSA) is 184 Å². The summed E-state index contributed by atoms with van der Waals surface area (Å²) in [5.74, 6) is -5.59. The number of carboxylic acids is 2. The van der Waals surface area contributed by atoms with Gasteiger partial charge in [-0.3, -0.25) is 4.79 Å². The number of H-pyrrole nitrogens is 1. The van der Waals surface area contributed by atoms with Crippen molar-refractivity contribution in [1.29, 1.82) is 0 Å². The van der Waals surface area contributed by atoms with Crippen molar-refractivity contribution in [3.63, 3.8) is 0 Å². The number of carboxylic acid groups (broad SMARTS) is 2. The highest BCUT2D eigenvalue weighted by Gasteiger charge is 2.49. The summed E-state index contributed by atoms with van der Waals surface area (Å²) in [5.41, 5.74) is 6.56. The molecule has 0 aliphatic carbocycles. The zero-order valence-corrected chi connectivity index (χ0v) is 25.6. The van der Waals surface area contributed by atoms with Gasteiger partial charge in [0.2, 0.25) is 15.9 Å². The van der Waals surface area contributed by atoms with Gasteiger partial charge in [0.05, 0.1) is 34.6 Å². The summed E-state index contributed by atoms with van der Waals surface area (Å²) >= 11 is 0. The number of nitrogens with zero attached hydrogens (tertiary/aromatic N) is 2. The fourth-order valence-electron chi connectivity index (χ4n) is 4.26. The number of aromatic nitrogens is 2. The van der Waals surface area contributed by atoms with E-state index in [9.17, 15) is 52.7 Å². The molecule has 1 aromatic heterocycles. The van der Waals surface area contributed by atoms with E-state index in [0.29, 0.717) is 23.3 Å². The molecule has 21 heteroatoms. The number of fused-ring (bicyclic) bond motifs is 1. The van der Waals surface area contributed by atoms with E-state index in [1.807, 2.05) is 0 Å². The van der Waals surface area contributed by atoms with E-state index in [0.717, 1.165) is 22.0 Å². The molecule has 0 radical (unpaired) electrons. The quantitative estimate of drug-likeness (QED) is 0.253. The number of sulfonamides is 1. The fourth-order valence-corrected chi connectivity index (χ4v) is 6.49. The Balaban J connectivity index is 0.000000479. The van der Waals surface area contributed by atoms with Gasteiger partial charge in [-0.15, -0.1) is 0 Å². The molecule has 0 spiro atoms. The van der Waals surface area contributed by atoms with E-state index < -0.39 is 68.8 Å². The number of imidazole rings is 1. The van der Waals surface area contributed by atoms with Crippen LogP contribution in [0.1, 0.15) is 61.0 Å². The lowest BCUT2D eigenvalue weighted by molar-refractivity contribution is -0.193. The first-order valence-electron chi connectivity index (χ1n) is 13.2. The third-order valence-corrected chi connectivity index (χ3v) is 8.70. The molecular formula is C27H27F9N4O7S. The minimum atomic E-state index is -5.08. The second-order valence-corrected chi connectivity index (χ2v) is 13.0. The average Bonchev–Trinajstić information content (AvgIpc) is 3.45. The molecule has 2 atom stereocenters. The predicted octanol–water partition coefficient (Wildman–Crippen LogP) is 5.49. The summed E-state index contributed by atoms with van der Waals surface area (Å²) in [6.45, 7) is 5.03. The molecule has 266 valence electrons. The third-order valence-electron chi connectivity index (χ3n) is 6.28. The van der Waals surface area contributed by atoms with Gasteiger partial charge in [0.25, 0.3) is 0 Å². The molecule has 0 saturated carbocycles. The normalized spacial score (nSPS) is 17.2. The van der Waals surface area contributed by atoms with Crippen LogP contribution < -0.4 is 5.73 Å². The molecule has 4 rings (SSSR count). The highest BCUT2D eigenvalue weighted by atomic mass is 32.2. The number of benzene rings is 2. The molecule has 1 aliphatic heterocycles. The molecule has 2 heterocycles. The lowest BCUT2D eigenvalue weighted by Crippen LogP contribution is -2.45. The Morgan fingerprint density at radius 1 is 0.938 bits per heavy atom. The van der Waals surface area contributed by atoms with Crippen molar-refractivity contribution in [2.75, 3.05) is 0 Å². The van der Waals surface area contributed by atoms with Crippen LogP contribution in [0.25, 0.3) is 11.0 Å². The van der Waals surface area contributed by atoms with E-state index in [2.05, 4.69) is 9.97 Å². The Hall–Kier alpha value is -4.40. The number of hydrogen-bond acceptors (Lipinski definition) is 7. The van der Waals surface area contributed by atoms with Gasteiger partial charge in [0.1, 0.15) is 11.1 Å². The molecule has 1 aliphatic rings. The number of aliphatic carboxylic acids is 2. The van der Waals surface area contributed by atoms with Gasteiger partial charge in [-0.05, 0) is 56.5 Å². The Morgan fingerprint density at radius 3 is 1.81 bits per heavy atom. The van der Waals surface area contributed by atoms with E-state index >= 15 is 0 Å². The Bertz CT molecular complexity index is 1720. The van der Waals surface area contributed by atoms with Crippen molar-refractivity contribution >= 4 is 38.9 Å². The standard InChI is InChI=1S/C23H25F3N4O3S.2C2HF3O2/c1-22(2,3)30-20(31)12-19(34(30,32)33)14-6-4-13(5-7-14)10-16(27)21-28-17-9-8-15(23(24,25)26)11-18(17)29-21;2*3-2(4,5)1(6)7/h4-9,11,16,19H,10,12,27H2,1-3H3,(H,28,29);2*(H,6,7)/t16-,19?;;/m0../s1. The highest BCUT2D eigenvalue weighted by Crippen LogP contribution is 2.40. The molecule has 2 aromatic carbocycles. The summed E-state index contributed by atoms with van der Waals surface area (Å²) in [4.78, 5) is 37.3. The first-order chi connectivity index (χ1) is 21.6. The van der Waals surface area contributed by atoms with Crippen LogP contribution in [0.15, 0.2) is 42.5 Å². The summed E-state index contributed by atoms with van der Waals surface area (Å²) < 4.78 is 129. The maximum atomic E-state index is 13.0. The largest absolute Gasteiger partial charge is 0.490 e. The van der Waals surface area contributed by atoms with Crippen LogP contribution in [0.5, 0.6) is 0 Å². The summed E-state index contributed by atoms with van der Waals surface area (Å²) in [6.07, 6.45) is -14.4. The number of hydrogen-bond donors (Lipinski definition) is 4. The van der Waals surface area contributed by atoms with Crippen molar-refractivity contribution in [2.45, 2.75) is 69.0 Å². The number of carbonyl (C=O) groups is 3. The maximum Gasteiger partial charge on any atom is 0.490 e. The van der Waals surface area contributed by atoms with E-state index in [1.165, 1.54) is 6.07 Å². The van der Waals surface area contributed by atoms with Crippen LogP contribution in [0.3, 0.4) is 0 Å². The van der Waals surface area contributed by atoms with Crippen molar-refractivity contribution < 1.29 is 72.5 Å². The Kier molecular flexibility index (Phi) is 11.6. The third kappa shape index (κ3) is 10.1. The van der Waals surface area contributed by atoms with Crippen LogP contribution in [0.2, 0.25) is 0 Å². The molecule has 1 unspecified atom stereocenters. The number of rotatable bonds is 4. The molecule has 1 amide bonds. The zero-order valence-electron chi connectivity index (χ0n) is 24.8. The summed E-state index contributed by atoms with van der Waals surface area (Å²) in [6, 6.07) is 9.45. The first-order valence-corrected chi connectivity index (χ1v) is 14.7. The van der Waals surface area contributed by atoms with E-state index in [4.69, 9.17) is 25.5 Å². The van der Waals surface area contributed by atoms with Gasteiger partial charge >= 0.3 is 30.5 Å². The zero-order chi connectivity index (χ0) is 37.2. The summed E-state index contributed by atoms with van der Waals surface area (Å²) in [7, 11) is -3.83. The Morgan fingerprint density at radius 2 is 1.42 bits per heavy atom. The second-order valence-electron chi connectivity index (χ2n) is 11.1. The Labute approximate surface area is 265 Å². The number of nitrogens with two attached hydrogens (primary N) is 1. The van der Waals surface area contributed by atoms with Crippen LogP contribution >= 0.6 is 0 Å². The van der Waals surface area contributed by atoms with Crippen molar-refractivity contribution in [3.05, 3.63) is 65.0 Å². The monoisotopic (exact) mass is 722 g/mol. The van der Waals surface area contributed by atoms with Gasteiger partial charge in [0.15, 0.2) is 0 Å². The SMILES string of the molecule is CC(C)(C)N1C(=O)CC(c2ccc(C[C@H](N)c3nc4ccc(C(F)(F)F)cc4[nH]3)cc2)S1(=O)=O.O=C(O)C(F)(F)F.O=C(O)C(F)(F)F. The lowest BCUT2D eigenvalue weighted by atomic mass is 10.0. The molecule has 1 fully saturated rings.